The largest absolute Gasteiger partial charge is 0.490 e. The SMILES string of the molecule is COC(=O)c1c(N(c2ccc(F)cc2CCCN2CCCC2)S(=O)O)ccc2c1OCC1OCCC21. The Morgan fingerprint density at radius 2 is 2.03 bits per heavy atom. The first-order valence-corrected chi connectivity index (χ1v) is 13.5. The van der Waals surface area contributed by atoms with E-state index in [4.69, 9.17) is 14.2 Å². The van der Waals surface area contributed by atoms with Gasteiger partial charge in [-0.2, -0.15) is 0 Å². The molecule has 0 spiro atoms. The van der Waals surface area contributed by atoms with Crippen LogP contribution in [0.3, 0.4) is 0 Å². The third-order valence-electron chi connectivity index (χ3n) is 7.31. The molecule has 3 atom stereocenters. The Hall–Kier alpha value is -2.53. The van der Waals surface area contributed by atoms with E-state index < -0.39 is 23.1 Å². The standard InChI is InChI=1S/C26H31FN2O6S/c1-33-26(30)24-22(9-7-20-19-10-14-34-23(19)16-35-25(20)24)29(36(31)32)21-8-6-18(27)15-17(21)5-4-13-28-11-2-3-12-28/h6-9,15,19,23H,2-5,10-14,16H2,1H3,(H,31,32). The third kappa shape index (κ3) is 4.87. The molecule has 0 saturated carbocycles. The van der Waals surface area contributed by atoms with Crippen LogP contribution in [0, 0.1) is 5.82 Å². The Kier molecular flexibility index (Phi) is 7.57. The summed E-state index contributed by atoms with van der Waals surface area (Å²) in [6.07, 6.45) is 4.39. The summed E-state index contributed by atoms with van der Waals surface area (Å²) < 4.78 is 55.4. The highest BCUT2D eigenvalue weighted by molar-refractivity contribution is 7.81. The van der Waals surface area contributed by atoms with Gasteiger partial charge in [-0.1, -0.05) is 6.07 Å². The van der Waals surface area contributed by atoms with E-state index in [-0.39, 0.29) is 29.9 Å². The lowest BCUT2D eigenvalue weighted by atomic mass is 9.88. The lowest BCUT2D eigenvalue weighted by Gasteiger charge is -2.31. The van der Waals surface area contributed by atoms with Crippen LogP contribution in [0.2, 0.25) is 0 Å². The molecule has 2 aromatic carbocycles. The number of likely N-dealkylation sites (tertiary alicyclic amines) is 1. The van der Waals surface area contributed by atoms with Crippen molar-refractivity contribution in [1.29, 1.82) is 0 Å². The number of carbonyl (C=O) groups is 1. The Morgan fingerprint density at radius 3 is 2.78 bits per heavy atom. The molecule has 5 rings (SSSR count). The summed E-state index contributed by atoms with van der Waals surface area (Å²) in [5.41, 5.74) is 2.03. The van der Waals surface area contributed by atoms with E-state index in [0.717, 1.165) is 42.3 Å². The van der Waals surface area contributed by atoms with Crippen molar-refractivity contribution < 1.29 is 32.2 Å². The second-order valence-corrected chi connectivity index (χ2v) is 10.3. The zero-order valence-electron chi connectivity index (χ0n) is 20.3. The molecule has 36 heavy (non-hydrogen) atoms. The van der Waals surface area contributed by atoms with Crippen LogP contribution in [-0.2, 0) is 27.2 Å². The number of rotatable bonds is 8. The fourth-order valence-corrected chi connectivity index (χ4v) is 6.26. The summed E-state index contributed by atoms with van der Waals surface area (Å²) in [7, 11) is 1.26. The van der Waals surface area contributed by atoms with Crippen molar-refractivity contribution in [1.82, 2.24) is 4.90 Å². The number of ether oxygens (including phenoxy) is 3. The number of benzene rings is 2. The number of aryl methyl sites for hydroxylation is 1. The minimum Gasteiger partial charge on any atom is -0.490 e. The number of hydrogen-bond acceptors (Lipinski definition) is 6. The van der Waals surface area contributed by atoms with Crippen molar-refractivity contribution >= 4 is 28.6 Å². The van der Waals surface area contributed by atoms with Crippen molar-refractivity contribution in [3.05, 3.63) is 52.8 Å². The molecule has 0 amide bonds. The van der Waals surface area contributed by atoms with Crippen LogP contribution in [-0.4, -0.2) is 65.7 Å². The predicted octanol–water partition coefficient (Wildman–Crippen LogP) is 4.18. The smallest absolute Gasteiger partial charge is 0.343 e. The number of carbonyl (C=O) groups excluding carboxylic acids is 1. The van der Waals surface area contributed by atoms with Gasteiger partial charge in [-0.15, -0.1) is 0 Å². The quantitative estimate of drug-likeness (QED) is 0.414. The van der Waals surface area contributed by atoms with Crippen LogP contribution in [0.4, 0.5) is 15.8 Å². The summed E-state index contributed by atoms with van der Waals surface area (Å²) in [6, 6.07) is 7.59. The maximum absolute atomic E-state index is 14.3. The number of nitrogens with zero attached hydrogens (tertiary/aromatic N) is 2. The Morgan fingerprint density at radius 1 is 1.25 bits per heavy atom. The zero-order chi connectivity index (χ0) is 25.2. The molecule has 2 fully saturated rings. The Labute approximate surface area is 212 Å². The average molecular weight is 519 g/mol. The van der Waals surface area contributed by atoms with Gasteiger partial charge < -0.3 is 19.1 Å². The van der Waals surface area contributed by atoms with E-state index in [0.29, 0.717) is 30.0 Å². The summed E-state index contributed by atoms with van der Waals surface area (Å²) in [5, 5.41) is 0. The van der Waals surface area contributed by atoms with E-state index in [1.807, 2.05) is 6.07 Å². The molecule has 3 aliphatic heterocycles. The lowest BCUT2D eigenvalue weighted by Crippen LogP contribution is -2.31. The molecular weight excluding hydrogens is 487 g/mol. The highest BCUT2D eigenvalue weighted by Gasteiger charge is 2.40. The van der Waals surface area contributed by atoms with E-state index in [1.54, 1.807) is 6.07 Å². The normalized spacial score (nSPS) is 22.0. The van der Waals surface area contributed by atoms with Gasteiger partial charge in [-0.3, -0.25) is 4.55 Å². The van der Waals surface area contributed by atoms with E-state index in [1.165, 1.54) is 38.2 Å². The highest BCUT2D eigenvalue weighted by atomic mass is 32.2. The molecule has 0 bridgehead atoms. The van der Waals surface area contributed by atoms with Gasteiger partial charge in [0.2, 0.25) is 0 Å². The van der Waals surface area contributed by atoms with Crippen molar-refractivity contribution in [2.75, 3.05) is 44.3 Å². The second-order valence-electron chi connectivity index (χ2n) is 9.44. The number of hydrogen-bond donors (Lipinski definition) is 1. The van der Waals surface area contributed by atoms with Crippen LogP contribution >= 0.6 is 0 Å². The van der Waals surface area contributed by atoms with Crippen molar-refractivity contribution in [3.63, 3.8) is 0 Å². The minimum absolute atomic E-state index is 0.0752. The molecule has 0 aromatic heterocycles. The summed E-state index contributed by atoms with van der Waals surface area (Å²) in [4.78, 5) is 15.4. The van der Waals surface area contributed by atoms with E-state index in [2.05, 4.69) is 4.90 Å². The van der Waals surface area contributed by atoms with Gasteiger partial charge in [0.05, 0.1) is 24.6 Å². The number of halogens is 1. The fourth-order valence-electron chi connectivity index (χ4n) is 5.59. The first kappa shape index (κ1) is 25.1. The van der Waals surface area contributed by atoms with Crippen molar-refractivity contribution in [3.8, 4) is 5.75 Å². The van der Waals surface area contributed by atoms with Crippen molar-refractivity contribution in [2.45, 2.75) is 44.1 Å². The molecule has 194 valence electrons. The molecule has 10 heteroatoms. The summed E-state index contributed by atoms with van der Waals surface area (Å²) in [5.74, 6) is -0.675. The van der Waals surface area contributed by atoms with Crippen LogP contribution in [0.1, 0.15) is 53.1 Å². The molecule has 0 radical (unpaired) electrons. The number of anilines is 2. The Bertz CT molecular complexity index is 1160. The van der Waals surface area contributed by atoms with Gasteiger partial charge in [0.1, 0.15) is 23.7 Å². The van der Waals surface area contributed by atoms with Gasteiger partial charge in [0.25, 0.3) is 11.3 Å². The molecule has 1 N–H and O–H groups in total. The van der Waals surface area contributed by atoms with E-state index >= 15 is 0 Å². The first-order valence-electron chi connectivity index (χ1n) is 12.4. The molecular formula is C26H31FN2O6S. The van der Waals surface area contributed by atoms with Gasteiger partial charge in [-0.05, 0) is 81.6 Å². The predicted molar refractivity (Wildman–Crippen MR) is 134 cm³/mol. The molecule has 3 aliphatic rings. The summed E-state index contributed by atoms with van der Waals surface area (Å²) >= 11 is -2.55. The van der Waals surface area contributed by atoms with Crippen LogP contribution in [0.25, 0.3) is 0 Å². The maximum Gasteiger partial charge on any atom is 0.343 e. The van der Waals surface area contributed by atoms with Crippen molar-refractivity contribution in [2.24, 2.45) is 0 Å². The Balaban J connectivity index is 1.54. The first-order chi connectivity index (χ1) is 17.5. The number of fused-ring (bicyclic) bond motifs is 3. The summed E-state index contributed by atoms with van der Waals surface area (Å²) in [6.45, 7) is 3.89. The molecule has 8 nitrogen and oxygen atoms in total. The third-order valence-corrected chi connectivity index (χ3v) is 8.02. The zero-order valence-corrected chi connectivity index (χ0v) is 21.1. The number of methoxy groups -OCH3 is 1. The van der Waals surface area contributed by atoms with Gasteiger partial charge in [0.15, 0.2) is 0 Å². The van der Waals surface area contributed by atoms with Gasteiger partial charge in [-0.25, -0.2) is 17.7 Å². The number of esters is 1. The molecule has 2 saturated heterocycles. The van der Waals surface area contributed by atoms with Gasteiger partial charge >= 0.3 is 5.97 Å². The highest BCUT2D eigenvalue weighted by Crippen LogP contribution is 2.47. The molecule has 3 heterocycles. The van der Waals surface area contributed by atoms with Crippen LogP contribution in [0.5, 0.6) is 5.75 Å². The van der Waals surface area contributed by atoms with Crippen LogP contribution in [0.15, 0.2) is 30.3 Å². The van der Waals surface area contributed by atoms with Gasteiger partial charge in [0, 0.05) is 18.1 Å². The average Bonchev–Trinajstić information content (AvgIpc) is 3.56. The monoisotopic (exact) mass is 518 g/mol. The van der Waals surface area contributed by atoms with Crippen LogP contribution < -0.4 is 9.04 Å². The lowest BCUT2D eigenvalue weighted by molar-refractivity contribution is 0.0469. The molecule has 2 aromatic rings. The minimum atomic E-state index is -2.55. The fraction of sp³-hybridized carbons (Fsp3) is 0.500. The topological polar surface area (TPSA) is 88.5 Å². The molecule has 3 unspecified atom stereocenters. The van der Waals surface area contributed by atoms with E-state index in [9.17, 15) is 17.9 Å². The maximum atomic E-state index is 14.3. The second kappa shape index (κ2) is 10.8. The molecule has 0 aliphatic carbocycles.